The third kappa shape index (κ3) is 5.16. The van der Waals surface area contributed by atoms with Crippen molar-refractivity contribution in [3.63, 3.8) is 0 Å². The van der Waals surface area contributed by atoms with E-state index in [4.69, 9.17) is 0 Å². The molecule has 31 heavy (non-hydrogen) atoms. The number of thiophene rings is 1. The number of carbonyl (C=O) groups is 1. The number of benzene rings is 1. The van der Waals surface area contributed by atoms with Crippen LogP contribution in [0.25, 0.3) is 5.69 Å². The summed E-state index contributed by atoms with van der Waals surface area (Å²) in [5.41, 5.74) is 3.14. The maximum absolute atomic E-state index is 13.1. The van der Waals surface area contributed by atoms with Gasteiger partial charge < -0.3 is 4.90 Å². The van der Waals surface area contributed by atoms with Crippen LogP contribution in [0.2, 0.25) is 0 Å². The van der Waals surface area contributed by atoms with E-state index in [1.807, 2.05) is 49.6 Å². The minimum Gasteiger partial charge on any atom is -0.333 e. The Morgan fingerprint density at radius 3 is 2.81 bits per heavy atom. The smallest absolute Gasteiger partial charge is 0.233 e. The van der Waals surface area contributed by atoms with Crippen molar-refractivity contribution in [3.05, 3.63) is 51.7 Å². The molecule has 1 aliphatic rings. The fourth-order valence-electron chi connectivity index (χ4n) is 3.51. The van der Waals surface area contributed by atoms with Crippen LogP contribution in [0, 0.1) is 13.8 Å². The van der Waals surface area contributed by atoms with Crippen LogP contribution in [0.5, 0.6) is 0 Å². The predicted octanol–water partition coefficient (Wildman–Crippen LogP) is 2.65. The van der Waals surface area contributed by atoms with Crippen molar-refractivity contribution in [2.45, 2.75) is 38.0 Å². The minimum absolute atomic E-state index is 0.0230. The Labute approximate surface area is 189 Å². The Morgan fingerprint density at radius 1 is 1.29 bits per heavy atom. The van der Waals surface area contributed by atoms with Crippen LogP contribution in [0.3, 0.4) is 0 Å². The van der Waals surface area contributed by atoms with Crippen LogP contribution < -0.4 is 0 Å². The van der Waals surface area contributed by atoms with Gasteiger partial charge in [-0.1, -0.05) is 23.9 Å². The number of amides is 1. The monoisotopic (exact) mass is 477 g/mol. The second-order valence-corrected chi connectivity index (χ2v) is 11.8. The molecule has 0 bridgehead atoms. The van der Waals surface area contributed by atoms with E-state index in [1.54, 1.807) is 20.9 Å². The van der Waals surface area contributed by atoms with Crippen molar-refractivity contribution in [2.75, 3.05) is 17.3 Å². The van der Waals surface area contributed by atoms with E-state index in [9.17, 15) is 13.2 Å². The second-order valence-electron chi connectivity index (χ2n) is 7.59. The van der Waals surface area contributed by atoms with E-state index < -0.39 is 9.84 Å². The van der Waals surface area contributed by atoms with Crippen LogP contribution in [0.4, 0.5) is 0 Å². The maximum atomic E-state index is 13.1. The molecule has 0 saturated carbocycles. The molecule has 0 radical (unpaired) electrons. The summed E-state index contributed by atoms with van der Waals surface area (Å²) < 4.78 is 25.6. The first-order chi connectivity index (χ1) is 14.8. The molecule has 2 aromatic heterocycles. The standard InChI is InChI=1S/C20H23N5O3S3/c1-14-5-6-16(10-15(14)2)25-20(21-22-23-25)30-12-19(26)24(11-18-4-3-8-29-18)17-7-9-31(27,28)13-17/h3-6,8,10,17H,7,9,11-13H2,1-2H3. The Kier molecular flexibility index (Phi) is 6.44. The van der Waals surface area contributed by atoms with Gasteiger partial charge in [0, 0.05) is 10.9 Å². The number of rotatable bonds is 7. The lowest BCUT2D eigenvalue weighted by atomic mass is 10.1. The predicted molar refractivity (Wildman–Crippen MR) is 121 cm³/mol. The normalized spacial score (nSPS) is 17.7. The van der Waals surface area contributed by atoms with Crippen LogP contribution in [0.1, 0.15) is 22.4 Å². The summed E-state index contributed by atoms with van der Waals surface area (Å²) in [6, 6.07) is 9.55. The highest BCUT2D eigenvalue weighted by molar-refractivity contribution is 7.99. The second kappa shape index (κ2) is 9.09. The zero-order valence-corrected chi connectivity index (χ0v) is 19.7. The Hall–Kier alpha value is -2.24. The van der Waals surface area contributed by atoms with Gasteiger partial charge in [0.2, 0.25) is 11.1 Å². The van der Waals surface area contributed by atoms with Crippen molar-refractivity contribution < 1.29 is 13.2 Å². The zero-order valence-electron chi connectivity index (χ0n) is 17.3. The highest BCUT2D eigenvalue weighted by atomic mass is 32.2. The molecular formula is C20H23N5O3S3. The summed E-state index contributed by atoms with van der Waals surface area (Å²) in [5.74, 6) is 0.168. The molecule has 1 atom stereocenters. The lowest BCUT2D eigenvalue weighted by Gasteiger charge is -2.27. The molecule has 164 valence electrons. The van der Waals surface area contributed by atoms with Crippen LogP contribution in [-0.2, 0) is 21.2 Å². The molecule has 0 N–H and O–H groups in total. The molecule has 11 heteroatoms. The van der Waals surface area contributed by atoms with E-state index in [1.165, 1.54) is 17.3 Å². The molecule has 1 amide bonds. The molecule has 1 fully saturated rings. The Balaban J connectivity index is 1.49. The van der Waals surface area contributed by atoms with E-state index in [0.717, 1.165) is 16.1 Å². The summed E-state index contributed by atoms with van der Waals surface area (Å²) >= 11 is 2.81. The van der Waals surface area contributed by atoms with Crippen molar-refractivity contribution in [2.24, 2.45) is 0 Å². The first-order valence-corrected chi connectivity index (χ1v) is 13.5. The first kappa shape index (κ1) is 22.0. The average molecular weight is 478 g/mol. The third-order valence-electron chi connectivity index (χ3n) is 5.38. The van der Waals surface area contributed by atoms with Crippen LogP contribution in [-0.4, -0.2) is 62.7 Å². The number of tetrazole rings is 1. The topological polar surface area (TPSA) is 98.1 Å². The SMILES string of the molecule is Cc1ccc(-n2nnnc2SCC(=O)N(Cc2cccs2)C2CCS(=O)(=O)C2)cc1C. The molecule has 3 heterocycles. The van der Waals surface area contributed by atoms with Gasteiger partial charge in [0.1, 0.15) is 0 Å². The highest BCUT2D eigenvalue weighted by Gasteiger charge is 2.35. The fourth-order valence-corrected chi connectivity index (χ4v) is 6.72. The lowest BCUT2D eigenvalue weighted by molar-refractivity contribution is -0.130. The minimum atomic E-state index is -3.10. The van der Waals surface area contributed by atoms with E-state index >= 15 is 0 Å². The van der Waals surface area contributed by atoms with Gasteiger partial charge in [-0.05, 0) is 65.4 Å². The maximum Gasteiger partial charge on any atom is 0.233 e. The number of carbonyl (C=O) groups excluding carboxylic acids is 1. The van der Waals surface area contributed by atoms with Crippen LogP contribution >= 0.6 is 23.1 Å². The number of hydrogen-bond donors (Lipinski definition) is 0. The van der Waals surface area contributed by atoms with Gasteiger partial charge in [-0.2, -0.15) is 4.68 Å². The van der Waals surface area contributed by atoms with Crippen LogP contribution in [0.15, 0.2) is 40.9 Å². The number of hydrogen-bond acceptors (Lipinski definition) is 8. The number of nitrogens with zero attached hydrogens (tertiary/aromatic N) is 5. The fraction of sp³-hybridized carbons (Fsp3) is 0.400. The summed E-state index contributed by atoms with van der Waals surface area (Å²) in [4.78, 5) is 15.9. The summed E-state index contributed by atoms with van der Waals surface area (Å²) in [6.07, 6.45) is 0.477. The van der Waals surface area contributed by atoms with Crippen molar-refractivity contribution in [1.29, 1.82) is 0 Å². The number of sulfone groups is 1. The van der Waals surface area contributed by atoms with E-state index in [-0.39, 0.29) is 29.2 Å². The van der Waals surface area contributed by atoms with Gasteiger partial charge >= 0.3 is 0 Å². The molecule has 1 aliphatic heterocycles. The number of aryl methyl sites for hydroxylation is 2. The van der Waals surface area contributed by atoms with Gasteiger partial charge in [0.25, 0.3) is 0 Å². The number of aromatic nitrogens is 4. The molecule has 0 spiro atoms. The van der Waals surface area contributed by atoms with Crippen molar-refractivity contribution in [3.8, 4) is 5.69 Å². The Bertz CT molecular complexity index is 1170. The molecule has 8 nitrogen and oxygen atoms in total. The van der Waals surface area contributed by atoms with Crippen molar-refractivity contribution in [1.82, 2.24) is 25.1 Å². The van der Waals surface area contributed by atoms with E-state index in [0.29, 0.717) is 18.1 Å². The van der Waals surface area contributed by atoms with Gasteiger partial charge in [0.15, 0.2) is 9.84 Å². The first-order valence-electron chi connectivity index (χ1n) is 9.83. The Morgan fingerprint density at radius 2 is 2.13 bits per heavy atom. The number of thioether (sulfide) groups is 1. The van der Waals surface area contributed by atoms with E-state index in [2.05, 4.69) is 15.5 Å². The van der Waals surface area contributed by atoms with Gasteiger partial charge in [-0.25, -0.2) is 8.42 Å². The molecule has 1 saturated heterocycles. The average Bonchev–Trinajstić information content (AvgIpc) is 3.47. The van der Waals surface area contributed by atoms with Crippen molar-refractivity contribution >= 4 is 38.8 Å². The molecule has 3 aromatic rings. The lowest BCUT2D eigenvalue weighted by Crippen LogP contribution is -2.41. The molecular weight excluding hydrogens is 454 g/mol. The quantitative estimate of drug-likeness (QED) is 0.483. The zero-order chi connectivity index (χ0) is 22.0. The summed E-state index contributed by atoms with van der Waals surface area (Å²) in [6.45, 7) is 4.48. The molecule has 0 aliphatic carbocycles. The largest absolute Gasteiger partial charge is 0.333 e. The molecule has 1 aromatic carbocycles. The molecule has 4 rings (SSSR count). The molecule has 1 unspecified atom stereocenters. The summed E-state index contributed by atoms with van der Waals surface area (Å²) in [5, 5.41) is 14.4. The van der Waals surface area contributed by atoms with Gasteiger partial charge in [-0.15, -0.1) is 16.4 Å². The summed E-state index contributed by atoms with van der Waals surface area (Å²) in [7, 11) is -3.10. The third-order valence-corrected chi connectivity index (χ3v) is 8.89. The highest BCUT2D eigenvalue weighted by Crippen LogP contribution is 2.25. The van der Waals surface area contributed by atoms with Gasteiger partial charge in [0.05, 0.1) is 29.5 Å². The van der Waals surface area contributed by atoms with Gasteiger partial charge in [-0.3, -0.25) is 4.79 Å².